The predicted octanol–water partition coefficient (Wildman–Crippen LogP) is 1.61. The van der Waals surface area contributed by atoms with Gasteiger partial charge in [-0.1, -0.05) is 37.3 Å². The Kier molecular flexibility index (Phi) is 4.33. The molecule has 1 aromatic rings. The number of fused-ring (bicyclic) bond motifs is 2. The van der Waals surface area contributed by atoms with Gasteiger partial charge in [0.05, 0.1) is 6.61 Å². The molecule has 2 bridgehead atoms. The lowest BCUT2D eigenvalue weighted by molar-refractivity contribution is -0.376. The van der Waals surface area contributed by atoms with Gasteiger partial charge in [-0.3, -0.25) is 0 Å². The van der Waals surface area contributed by atoms with Gasteiger partial charge in [-0.15, -0.1) is 0 Å². The second-order valence-corrected chi connectivity index (χ2v) is 5.08. The number of hydrogen-bond acceptors (Lipinski definition) is 5. The number of aliphatic hydroxyl groups excluding tert-OH is 1. The van der Waals surface area contributed by atoms with E-state index in [9.17, 15) is 5.11 Å². The van der Waals surface area contributed by atoms with Gasteiger partial charge in [0, 0.05) is 12.2 Å². The molecule has 2 saturated heterocycles. The summed E-state index contributed by atoms with van der Waals surface area (Å²) in [7, 11) is 0. The minimum Gasteiger partial charge on any atom is -0.372 e. The Hall–Kier alpha value is -0.980. The summed E-state index contributed by atoms with van der Waals surface area (Å²) in [4.78, 5) is 0. The van der Waals surface area contributed by atoms with E-state index in [4.69, 9.17) is 18.9 Å². The Morgan fingerprint density at radius 2 is 2.05 bits per heavy atom. The van der Waals surface area contributed by atoms with Crippen LogP contribution in [0.15, 0.2) is 30.3 Å². The highest BCUT2D eigenvalue weighted by molar-refractivity contribution is 5.16. The molecule has 2 fully saturated rings. The van der Waals surface area contributed by atoms with E-state index in [1.807, 2.05) is 37.3 Å². The zero-order chi connectivity index (χ0) is 13.9. The van der Waals surface area contributed by atoms with Crippen LogP contribution in [-0.2, 0) is 18.9 Å². The summed E-state index contributed by atoms with van der Waals surface area (Å²) in [5, 5.41) is 9.97. The summed E-state index contributed by atoms with van der Waals surface area (Å²) in [6.07, 6.45) is -1.55. The highest BCUT2D eigenvalue weighted by Crippen LogP contribution is 2.36. The standard InChI is InChI=1S/C15H20O5/c1-2-8-17-12-11-9-18-14(16)13(12)20-15(19-11)10-6-4-3-5-7-10/h3-7,11-16H,2,8-9H2,1H3/t11-,12+,13-,14?,15?/m1/s1. The van der Waals surface area contributed by atoms with Gasteiger partial charge in [0.25, 0.3) is 0 Å². The minimum absolute atomic E-state index is 0.214. The van der Waals surface area contributed by atoms with Crippen molar-refractivity contribution in [3.63, 3.8) is 0 Å². The second kappa shape index (κ2) is 6.20. The second-order valence-electron chi connectivity index (χ2n) is 5.08. The average Bonchev–Trinajstić information content (AvgIpc) is 2.49. The van der Waals surface area contributed by atoms with E-state index in [-0.39, 0.29) is 12.2 Å². The summed E-state index contributed by atoms with van der Waals surface area (Å²) in [5.41, 5.74) is 0.936. The number of rotatable bonds is 4. The van der Waals surface area contributed by atoms with Gasteiger partial charge in [-0.25, -0.2) is 0 Å². The predicted molar refractivity (Wildman–Crippen MR) is 70.9 cm³/mol. The third-order valence-electron chi connectivity index (χ3n) is 3.57. The largest absolute Gasteiger partial charge is 0.372 e. The maximum absolute atomic E-state index is 9.97. The molecule has 5 heteroatoms. The van der Waals surface area contributed by atoms with Crippen LogP contribution in [-0.4, -0.2) is 42.9 Å². The third-order valence-corrected chi connectivity index (χ3v) is 3.57. The van der Waals surface area contributed by atoms with E-state index in [2.05, 4.69) is 0 Å². The van der Waals surface area contributed by atoms with Gasteiger partial charge in [0.15, 0.2) is 12.6 Å². The maximum Gasteiger partial charge on any atom is 0.185 e. The lowest BCUT2D eigenvalue weighted by Crippen LogP contribution is -2.60. The Morgan fingerprint density at radius 1 is 1.25 bits per heavy atom. The summed E-state index contributed by atoms with van der Waals surface area (Å²) in [5.74, 6) is 0. The van der Waals surface area contributed by atoms with E-state index in [1.54, 1.807) is 0 Å². The molecule has 0 saturated carbocycles. The first-order valence-electron chi connectivity index (χ1n) is 7.06. The molecule has 1 aromatic carbocycles. The van der Waals surface area contributed by atoms with Gasteiger partial charge in [-0.2, -0.15) is 0 Å². The van der Waals surface area contributed by atoms with Crippen molar-refractivity contribution in [2.24, 2.45) is 0 Å². The Labute approximate surface area is 118 Å². The van der Waals surface area contributed by atoms with Crippen LogP contribution < -0.4 is 0 Å². The molecule has 2 aliphatic rings. The molecule has 1 N–H and O–H groups in total. The molecular formula is C15H20O5. The van der Waals surface area contributed by atoms with Gasteiger partial charge >= 0.3 is 0 Å². The Bertz CT molecular complexity index is 424. The van der Waals surface area contributed by atoms with Gasteiger partial charge < -0.3 is 24.1 Å². The van der Waals surface area contributed by atoms with E-state index in [0.29, 0.717) is 13.2 Å². The van der Waals surface area contributed by atoms with Crippen molar-refractivity contribution in [3.05, 3.63) is 35.9 Å². The zero-order valence-corrected chi connectivity index (χ0v) is 11.5. The van der Waals surface area contributed by atoms with Crippen molar-refractivity contribution in [1.82, 2.24) is 0 Å². The fraction of sp³-hybridized carbons (Fsp3) is 0.600. The topological polar surface area (TPSA) is 57.2 Å². The van der Waals surface area contributed by atoms with E-state index in [1.165, 1.54) is 0 Å². The number of ether oxygens (including phenoxy) is 4. The first kappa shape index (κ1) is 14.0. The molecule has 0 radical (unpaired) electrons. The third kappa shape index (κ3) is 2.73. The molecule has 0 spiro atoms. The van der Waals surface area contributed by atoms with Crippen molar-refractivity contribution in [1.29, 1.82) is 0 Å². The summed E-state index contributed by atoms with van der Waals surface area (Å²) < 4.78 is 22.8. The molecule has 0 aromatic heterocycles. The smallest absolute Gasteiger partial charge is 0.185 e. The van der Waals surface area contributed by atoms with Crippen molar-refractivity contribution in [3.8, 4) is 0 Å². The van der Waals surface area contributed by atoms with Crippen molar-refractivity contribution in [2.75, 3.05) is 13.2 Å². The van der Waals surface area contributed by atoms with E-state index in [0.717, 1.165) is 12.0 Å². The fourth-order valence-electron chi connectivity index (χ4n) is 2.58. The molecule has 5 atom stereocenters. The van der Waals surface area contributed by atoms with Gasteiger partial charge in [0.2, 0.25) is 0 Å². The molecule has 2 unspecified atom stereocenters. The molecular weight excluding hydrogens is 260 g/mol. The lowest BCUT2D eigenvalue weighted by Gasteiger charge is -2.46. The fourth-order valence-corrected chi connectivity index (χ4v) is 2.58. The SMILES string of the molecule is CCCO[C@H]1[C@H]2COC(O)[C@@H]1OC(c1ccccc1)O2. The summed E-state index contributed by atoms with van der Waals surface area (Å²) in [6, 6.07) is 9.70. The van der Waals surface area contributed by atoms with Crippen molar-refractivity contribution >= 4 is 0 Å². The summed E-state index contributed by atoms with van der Waals surface area (Å²) in [6.45, 7) is 2.98. The maximum atomic E-state index is 9.97. The quantitative estimate of drug-likeness (QED) is 0.908. The first-order chi connectivity index (χ1) is 9.79. The molecule has 3 rings (SSSR count). The Balaban J connectivity index is 1.76. The van der Waals surface area contributed by atoms with Crippen LogP contribution in [0, 0.1) is 0 Å². The van der Waals surface area contributed by atoms with Crippen LogP contribution in [0.4, 0.5) is 0 Å². The van der Waals surface area contributed by atoms with Crippen molar-refractivity contribution < 1.29 is 24.1 Å². The van der Waals surface area contributed by atoms with Crippen LogP contribution in [0.5, 0.6) is 0 Å². The van der Waals surface area contributed by atoms with Gasteiger partial charge in [0.1, 0.15) is 18.3 Å². The van der Waals surface area contributed by atoms with Crippen LogP contribution in [0.25, 0.3) is 0 Å². The molecule has 5 nitrogen and oxygen atoms in total. The van der Waals surface area contributed by atoms with Crippen LogP contribution in [0.1, 0.15) is 25.2 Å². The van der Waals surface area contributed by atoms with Crippen LogP contribution >= 0.6 is 0 Å². The lowest BCUT2D eigenvalue weighted by atomic mass is 10.0. The molecule has 0 aliphatic carbocycles. The van der Waals surface area contributed by atoms with Crippen LogP contribution in [0.2, 0.25) is 0 Å². The van der Waals surface area contributed by atoms with Crippen LogP contribution in [0.3, 0.4) is 0 Å². The van der Waals surface area contributed by atoms with E-state index < -0.39 is 18.7 Å². The molecule has 0 amide bonds. The average molecular weight is 280 g/mol. The molecule has 2 aliphatic heterocycles. The monoisotopic (exact) mass is 280 g/mol. The number of benzene rings is 1. The minimum atomic E-state index is -0.969. The molecule has 110 valence electrons. The van der Waals surface area contributed by atoms with Gasteiger partial charge in [-0.05, 0) is 6.42 Å². The highest BCUT2D eigenvalue weighted by atomic mass is 16.8. The number of aliphatic hydroxyl groups is 1. The highest BCUT2D eigenvalue weighted by Gasteiger charge is 2.48. The first-order valence-corrected chi connectivity index (χ1v) is 7.06. The van der Waals surface area contributed by atoms with E-state index >= 15 is 0 Å². The number of hydrogen-bond donors (Lipinski definition) is 1. The summed E-state index contributed by atoms with van der Waals surface area (Å²) >= 11 is 0. The van der Waals surface area contributed by atoms with Crippen molar-refractivity contribution in [2.45, 2.75) is 44.2 Å². The molecule has 20 heavy (non-hydrogen) atoms. The Morgan fingerprint density at radius 3 is 2.80 bits per heavy atom. The molecule has 2 heterocycles. The normalized spacial score (nSPS) is 36.8. The zero-order valence-electron chi connectivity index (χ0n) is 11.5.